The Balaban J connectivity index is 1.95. The van der Waals surface area contributed by atoms with Gasteiger partial charge in [-0.3, -0.25) is 4.79 Å². The van der Waals surface area contributed by atoms with Crippen LogP contribution in [0.2, 0.25) is 0 Å². The van der Waals surface area contributed by atoms with E-state index in [-0.39, 0.29) is 12.3 Å². The average molecular weight is 312 g/mol. The smallest absolute Gasteiger partial charge is 0.309 e. The van der Waals surface area contributed by atoms with Crippen molar-refractivity contribution in [3.63, 3.8) is 0 Å². The molecule has 118 valence electrons. The fraction of sp³-hybridized carbons (Fsp3) is 0.176. The Bertz CT molecular complexity index is 756. The van der Waals surface area contributed by atoms with E-state index < -0.39 is 11.7 Å². The molecule has 1 heterocycles. The minimum Gasteiger partial charge on any atom is -0.497 e. The number of rotatable bonds is 4. The molecule has 0 aromatic heterocycles. The molecule has 0 aliphatic carbocycles. The van der Waals surface area contributed by atoms with Crippen LogP contribution in [0.5, 0.6) is 5.75 Å². The number of benzene rings is 2. The zero-order valence-corrected chi connectivity index (χ0v) is 12.5. The standard InChI is InChI=1S/C17H16N2O4/c1-23-14-9-5-8-13(10-14)15-17(21,22)16(20)19(18-15)11-12-6-3-2-4-7-12/h2-10,21-22H,11H2,1H3. The molecule has 0 radical (unpaired) electrons. The van der Waals surface area contributed by atoms with Crippen LogP contribution in [0.15, 0.2) is 59.7 Å². The molecular formula is C17H16N2O4. The Morgan fingerprint density at radius 3 is 2.57 bits per heavy atom. The van der Waals surface area contributed by atoms with Crippen LogP contribution in [0.1, 0.15) is 11.1 Å². The van der Waals surface area contributed by atoms with Gasteiger partial charge >= 0.3 is 5.91 Å². The predicted octanol–water partition coefficient (Wildman–Crippen LogP) is 1.12. The van der Waals surface area contributed by atoms with Crippen LogP contribution in [0.4, 0.5) is 0 Å². The van der Waals surface area contributed by atoms with Crippen molar-refractivity contribution in [2.75, 3.05) is 7.11 Å². The van der Waals surface area contributed by atoms with Crippen LogP contribution in [-0.2, 0) is 11.3 Å². The number of nitrogens with zero attached hydrogens (tertiary/aromatic N) is 2. The highest BCUT2D eigenvalue weighted by Crippen LogP contribution is 2.26. The van der Waals surface area contributed by atoms with Crippen molar-refractivity contribution in [2.45, 2.75) is 12.3 Å². The first kappa shape index (κ1) is 15.2. The van der Waals surface area contributed by atoms with Crippen LogP contribution in [0.3, 0.4) is 0 Å². The number of carbonyl (C=O) groups excluding carboxylic acids is 1. The molecular weight excluding hydrogens is 296 g/mol. The molecule has 0 fully saturated rings. The summed E-state index contributed by atoms with van der Waals surface area (Å²) in [6.45, 7) is 0.163. The molecule has 1 aliphatic heterocycles. The molecule has 1 amide bonds. The van der Waals surface area contributed by atoms with Crippen molar-refractivity contribution in [2.24, 2.45) is 5.10 Å². The molecule has 2 aromatic carbocycles. The highest BCUT2D eigenvalue weighted by molar-refractivity contribution is 6.20. The van der Waals surface area contributed by atoms with Crippen molar-refractivity contribution >= 4 is 11.6 Å². The van der Waals surface area contributed by atoms with E-state index in [2.05, 4.69) is 5.10 Å². The monoisotopic (exact) mass is 312 g/mol. The van der Waals surface area contributed by atoms with E-state index in [9.17, 15) is 15.0 Å². The molecule has 3 rings (SSSR count). The first-order valence-corrected chi connectivity index (χ1v) is 7.06. The molecule has 1 aliphatic rings. The molecule has 23 heavy (non-hydrogen) atoms. The lowest BCUT2D eigenvalue weighted by atomic mass is 10.0. The Morgan fingerprint density at radius 2 is 1.87 bits per heavy atom. The zero-order chi connectivity index (χ0) is 16.4. The lowest BCUT2D eigenvalue weighted by molar-refractivity contribution is -0.168. The molecule has 0 saturated carbocycles. The van der Waals surface area contributed by atoms with Gasteiger partial charge in [0, 0.05) is 5.56 Å². The van der Waals surface area contributed by atoms with Gasteiger partial charge in [0.2, 0.25) is 0 Å². The van der Waals surface area contributed by atoms with E-state index in [0.717, 1.165) is 10.6 Å². The summed E-state index contributed by atoms with van der Waals surface area (Å²) in [4.78, 5) is 12.2. The van der Waals surface area contributed by atoms with E-state index in [4.69, 9.17) is 4.74 Å². The average Bonchev–Trinajstić information content (AvgIpc) is 2.79. The first-order valence-electron chi connectivity index (χ1n) is 7.06. The van der Waals surface area contributed by atoms with Crippen molar-refractivity contribution in [3.05, 3.63) is 65.7 Å². The minimum absolute atomic E-state index is 0.114. The van der Waals surface area contributed by atoms with Crippen molar-refractivity contribution in [3.8, 4) is 5.75 Å². The maximum absolute atomic E-state index is 12.2. The lowest BCUT2D eigenvalue weighted by Crippen LogP contribution is -2.46. The maximum atomic E-state index is 12.2. The molecule has 0 spiro atoms. The van der Waals surface area contributed by atoms with Crippen LogP contribution < -0.4 is 4.74 Å². The van der Waals surface area contributed by atoms with Crippen LogP contribution in [0, 0.1) is 0 Å². The summed E-state index contributed by atoms with van der Waals surface area (Å²) in [5, 5.41) is 25.5. The van der Waals surface area contributed by atoms with Gasteiger partial charge in [0.1, 0.15) is 11.5 Å². The van der Waals surface area contributed by atoms with E-state index in [1.807, 2.05) is 30.3 Å². The third-order valence-corrected chi connectivity index (χ3v) is 3.60. The number of methoxy groups -OCH3 is 1. The van der Waals surface area contributed by atoms with E-state index in [1.54, 1.807) is 24.3 Å². The van der Waals surface area contributed by atoms with Crippen molar-refractivity contribution in [1.82, 2.24) is 5.01 Å². The Kier molecular flexibility index (Phi) is 3.85. The van der Waals surface area contributed by atoms with Gasteiger partial charge in [-0.05, 0) is 17.7 Å². The molecule has 6 heteroatoms. The van der Waals surface area contributed by atoms with Crippen molar-refractivity contribution in [1.29, 1.82) is 0 Å². The molecule has 0 atom stereocenters. The van der Waals surface area contributed by atoms with Crippen LogP contribution >= 0.6 is 0 Å². The number of ether oxygens (including phenoxy) is 1. The molecule has 0 unspecified atom stereocenters. The lowest BCUT2D eigenvalue weighted by Gasteiger charge is -2.17. The van der Waals surface area contributed by atoms with Gasteiger partial charge in [0.05, 0.1) is 13.7 Å². The largest absolute Gasteiger partial charge is 0.497 e. The summed E-state index contributed by atoms with van der Waals surface area (Å²) < 4.78 is 5.12. The van der Waals surface area contributed by atoms with Crippen LogP contribution in [0.25, 0.3) is 0 Å². The fourth-order valence-corrected chi connectivity index (χ4v) is 2.41. The van der Waals surface area contributed by atoms with E-state index in [1.165, 1.54) is 7.11 Å². The SMILES string of the molecule is COc1cccc(C2=NN(Cc3ccccc3)C(=O)C2(O)O)c1. The predicted molar refractivity (Wildman–Crippen MR) is 83.7 cm³/mol. The normalized spacial score (nSPS) is 16.4. The van der Waals surface area contributed by atoms with Crippen molar-refractivity contribution < 1.29 is 19.7 Å². The maximum Gasteiger partial charge on any atom is 0.309 e. The Labute approximate surface area is 133 Å². The second-order valence-corrected chi connectivity index (χ2v) is 5.20. The minimum atomic E-state index is -2.65. The summed E-state index contributed by atoms with van der Waals surface area (Å²) >= 11 is 0. The van der Waals surface area contributed by atoms with Gasteiger partial charge in [-0.25, -0.2) is 5.01 Å². The molecule has 0 saturated heterocycles. The van der Waals surface area contributed by atoms with E-state index in [0.29, 0.717) is 11.3 Å². The van der Waals surface area contributed by atoms with Gasteiger partial charge < -0.3 is 14.9 Å². The first-order chi connectivity index (χ1) is 11.0. The van der Waals surface area contributed by atoms with Gasteiger partial charge in [0.25, 0.3) is 5.79 Å². The Hall–Kier alpha value is -2.70. The summed E-state index contributed by atoms with van der Waals surface area (Å²) in [7, 11) is 1.51. The fourth-order valence-electron chi connectivity index (χ4n) is 2.41. The molecule has 2 N–H and O–H groups in total. The highest BCUT2D eigenvalue weighted by Gasteiger charge is 2.49. The number of hydrogen-bond acceptors (Lipinski definition) is 5. The highest BCUT2D eigenvalue weighted by atomic mass is 16.5. The third-order valence-electron chi connectivity index (χ3n) is 3.60. The second-order valence-electron chi connectivity index (χ2n) is 5.20. The number of aliphatic hydroxyl groups is 2. The van der Waals surface area contributed by atoms with Gasteiger partial charge in [-0.1, -0.05) is 42.5 Å². The molecule has 2 aromatic rings. The summed E-state index contributed by atoms with van der Waals surface area (Å²) in [6, 6.07) is 15.9. The number of carbonyl (C=O) groups is 1. The van der Waals surface area contributed by atoms with Gasteiger partial charge in [0.15, 0.2) is 0 Å². The quantitative estimate of drug-likeness (QED) is 0.829. The van der Waals surface area contributed by atoms with Gasteiger partial charge in [-0.2, -0.15) is 5.10 Å². The molecule has 6 nitrogen and oxygen atoms in total. The number of hydrogen-bond donors (Lipinski definition) is 2. The summed E-state index contributed by atoms with van der Waals surface area (Å²) in [6.07, 6.45) is 0. The third kappa shape index (κ3) is 2.81. The van der Waals surface area contributed by atoms with Gasteiger partial charge in [-0.15, -0.1) is 0 Å². The van der Waals surface area contributed by atoms with E-state index >= 15 is 0 Å². The topological polar surface area (TPSA) is 82.4 Å². The number of hydrazone groups is 1. The number of amides is 1. The second kappa shape index (κ2) is 5.83. The summed E-state index contributed by atoms with van der Waals surface area (Å²) in [5.74, 6) is -2.99. The summed E-state index contributed by atoms with van der Waals surface area (Å²) in [5.41, 5.74) is 1.14. The Morgan fingerprint density at radius 1 is 1.13 bits per heavy atom. The van der Waals surface area contributed by atoms with Crippen LogP contribution in [-0.4, -0.2) is 39.7 Å². The zero-order valence-electron chi connectivity index (χ0n) is 12.5. The molecule has 0 bridgehead atoms.